The summed E-state index contributed by atoms with van der Waals surface area (Å²) in [5, 5.41) is 8.70. The number of para-hydroxylation sites is 1. The van der Waals surface area contributed by atoms with Crippen LogP contribution in [0.2, 0.25) is 0 Å². The summed E-state index contributed by atoms with van der Waals surface area (Å²) in [6, 6.07) is 13.1. The van der Waals surface area contributed by atoms with Crippen LogP contribution in [0.15, 0.2) is 60.7 Å². The third-order valence-corrected chi connectivity index (χ3v) is 6.75. The van der Waals surface area contributed by atoms with Crippen molar-refractivity contribution in [2.45, 2.75) is 25.8 Å². The van der Waals surface area contributed by atoms with Gasteiger partial charge in [0.05, 0.1) is 17.5 Å². The van der Waals surface area contributed by atoms with Crippen molar-refractivity contribution in [1.82, 2.24) is 20.9 Å². The summed E-state index contributed by atoms with van der Waals surface area (Å²) in [6.45, 7) is 2.53. The Bertz CT molecular complexity index is 1140. The zero-order chi connectivity index (χ0) is 26.1. The third kappa shape index (κ3) is 7.16. The summed E-state index contributed by atoms with van der Waals surface area (Å²) in [5.74, 6) is -0.288. The molecule has 0 aromatic heterocycles. The number of piperidine rings is 1. The van der Waals surface area contributed by atoms with E-state index in [1.807, 2.05) is 23.1 Å². The number of ether oxygens (including phenoxy) is 1. The quantitative estimate of drug-likeness (QED) is 0.551. The Hall–Kier alpha value is -3.72. The van der Waals surface area contributed by atoms with Gasteiger partial charge in [-0.25, -0.2) is 4.39 Å². The number of allylic oxidation sites excluding steroid dienone is 1. The first-order chi connectivity index (χ1) is 17.9. The van der Waals surface area contributed by atoms with Crippen molar-refractivity contribution in [2.24, 2.45) is 5.41 Å². The molecule has 3 amide bonds. The minimum atomic E-state index is -0.683. The fourth-order valence-corrected chi connectivity index (χ4v) is 4.80. The van der Waals surface area contributed by atoms with Crippen molar-refractivity contribution in [3.05, 3.63) is 77.6 Å². The van der Waals surface area contributed by atoms with Crippen LogP contribution in [0, 0.1) is 11.2 Å². The first-order valence-electron chi connectivity index (χ1n) is 12.6. The maximum atomic E-state index is 13.4. The van der Waals surface area contributed by atoms with Crippen LogP contribution in [0.3, 0.4) is 0 Å². The molecule has 9 heteroatoms. The van der Waals surface area contributed by atoms with E-state index in [4.69, 9.17) is 4.74 Å². The molecule has 2 aliphatic heterocycles. The van der Waals surface area contributed by atoms with Gasteiger partial charge >= 0.3 is 0 Å². The summed E-state index contributed by atoms with van der Waals surface area (Å²) in [6.07, 6.45) is 5.82. The molecular formula is C28H33FN4O4. The molecule has 1 spiro atoms. The lowest BCUT2D eigenvalue weighted by Gasteiger charge is -2.41. The van der Waals surface area contributed by atoms with Crippen LogP contribution < -0.4 is 20.7 Å². The van der Waals surface area contributed by atoms with E-state index in [1.165, 1.54) is 12.1 Å². The van der Waals surface area contributed by atoms with Gasteiger partial charge in [-0.2, -0.15) is 0 Å². The molecule has 1 unspecified atom stereocenters. The Morgan fingerprint density at radius 1 is 1.05 bits per heavy atom. The van der Waals surface area contributed by atoms with Gasteiger partial charge in [0.25, 0.3) is 5.91 Å². The molecule has 0 saturated carbocycles. The van der Waals surface area contributed by atoms with Crippen molar-refractivity contribution in [1.29, 1.82) is 0 Å². The van der Waals surface area contributed by atoms with Crippen LogP contribution in [0.25, 0.3) is 0 Å². The summed E-state index contributed by atoms with van der Waals surface area (Å²) in [7, 11) is 0. The molecule has 1 atom stereocenters. The van der Waals surface area contributed by atoms with Gasteiger partial charge in [0.2, 0.25) is 11.8 Å². The Morgan fingerprint density at radius 2 is 1.84 bits per heavy atom. The monoisotopic (exact) mass is 508 g/mol. The first kappa shape index (κ1) is 26.3. The number of hydrogen-bond acceptors (Lipinski definition) is 5. The second-order valence-electron chi connectivity index (χ2n) is 9.49. The number of benzene rings is 2. The Morgan fingerprint density at radius 3 is 2.68 bits per heavy atom. The predicted molar refractivity (Wildman–Crippen MR) is 137 cm³/mol. The van der Waals surface area contributed by atoms with Crippen LogP contribution >= 0.6 is 0 Å². The number of hydrogen-bond donors (Lipinski definition) is 3. The maximum absolute atomic E-state index is 13.4. The number of nitrogens with one attached hydrogen (secondary N) is 3. The number of rotatable bonds is 4. The summed E-state index contributed by atoms with van der Waals surface area (Å²) < 4.78 is 18.9. The van der Waals surface area contributed by atoms with Gasteiger partial charge in [0.1, 0.15) is 18.2 Å². The molecule has 37 heavy (non-hydrogen) atoms. The topological polar surface area (TPSA) is 99.8 Å². The first-order valence-corrected chi connectivity index (χ1v) is 12.6. The van der Waals surface area contributed by atoms with Crippen molar-refractivity contribution < 1.29 is 23.5 Å². The van der Waals surface area contributed by atoms with E-state index in [9.17, 15) is 18.8 Å². The van der Waals surface area contributed by atoms with Crippen LogP contribution in [0.4, 0.5) is 4.39 Å². The van der Waals surface area contributed by atoms with Crippen LogP contribution in [-0.2, 0) is 16.1 Å². The normalized spacial score (nSPS) is 22.1. The van der Waals surface area contributed by atoms with Crippen LogP contribution in [0.5, 0.6) is 5.75 Å². The van der Waals surface area contributed by atoms with Gasteiger partial charge < -0.3 is 20.7 Å². The number of likely N-dealkylation sites (tertiary alicyclic amines) is 1. The number of nitrogens with zero attached hydrogens (tertiary/aromatic N) is 1. The molecule has 0 aliphatic carbocycles. The van der Waals surface area contributed by atoms with Gasteiger partial charge in [-0.15, -0.1) is 0 Å². The van der Waals surface area contributed by atoms with Crippen molar-refractivity contribution in [3.63, 3.8) is 0 Å². The Kier molecular flexibility index (Phi) is 8.90. The van der Waals surface area contributed by atoms with E-state index < -0.39 is 5.41 Å². The van der Waals surface area contributed by atoms with Gasteiger partial charge in [-0.05, 0) is 55.6 Å². The van der Waals surface area contributed by atoms with E-state index in [-0.39, 0.29) is 36.7 Å². The summed E-state index contributed by atoms with van der Waals surface area (Å²) in [4.78, 5) is 40.6. The van der Waals surface area contributed by atoms with E-state index in [0.717, 1.165) is 18.5 Å². The highest BCUT2D eigenvalue weighted by atomic mass is 19.1. The molecule has 2 aliphatic rings. The van der Waals surface area contributed by atoms with Crippen LogP contribution in [-0.4, -0.2) is 62.0 Å². The molecule has 2 heterocycles. The zero-order valence-corrected chi connectivity index (χ0v) is 20.8. The number of halogens is 1. The van der Waals surface area contributed by atoms with Crippen molar-refractivity contribution in [3.8, 4) is 5.75 Å². The van der Waals surface area contributed by atoms with E-state index in [1.54, 1.807) is 30.3 Å². The number of fused-ring (bicyclic) bond motifs is 1. The Labute approximate surface area is 216 Å². The molecule has 1 fully saturated rings. The number of carbonyl (C=O) groups is 3. The number of carbonyl (C=O) groups excluding carboxylic acids is 3. The molecule has 2 aromatic carbocycles. The molecular weight excluding hydrogens is 475 g/mol. The average molecular weight is 509 g/mol. The summed E-state index contributed by atoms with van der Waals surface area (Å²) in [5.41, 5.74) is 0.589. The second-order valence-corrected chi connectivity index (χ2v) is 9.49. The maximum Gasteiger partial charge on any atom is 0.255 e. The minimum Gasteiger partial charge on any atom is -0.489 e. The number of amides is 3. The van der Waals surface area contributed by atoms with E-state index in [0.29, 0.717) is 50.3 Å². The van der Waals surface area contributed by atoms with Gasteiger partial charge in [-0.1, -0.05) is 36.4 Å². The fourth-order valence-electron chi connectivity index (χ4n) is 4.80. The molecule has 0 bridgehead atoms. The second kappa shape index (κ2) is 12.5. The average Bonchev–Trinajstić information content (AvgIpc) is 2.90. The highest BCUT2D eigenvalue weighted by molar-refractivity contribution is 5.97. The largest absolute Gasteiger partial charge is 0.489 e. The molecule has 8 nitrogen and oxygen atoms in total. The van der Waals surface area contributed by atoms with E-state index in [2.05, 4.69) is 16.0 Å². The van der Waals surface area contributed by atoms with Crippen molar-refractivity contribution in [2.75, 3.05) is 39.3 Å². The standard InChI is InChI=1S/C28H33FN4O4/c29-22-10-8-21(9-11-22)18-32-25(34)19-33-16-5-13-28(20-33)12-3-4-17-37-24-7-2-1-6-23(24)26(35)30-14-15-31-27(28)36/h1-4,6-11H,5,12-20H2,(H,30,35)(H,31,36)(H,32,34)/b4-3-. The Balaban J connectivity index is 1.39. The van der Waals surface area contributed by atoms with E-state index >= 15 is 0 Å². The highest BCUT2D eigenvalue weighted by Gasteiger charge is 2.41. The molecule has 0 radical (unpaired) electrons. The SMILES string of the molecule is O=C(CN1CCCC2(C/C=C\COc3ccccc3C(=O)NCCNC2=O)C1)NCc1ccc(F)cc1. The highest BCUT2D eigenvalue weighted by Crippen LogP contribution is 2.34. The van der Waals surface area contributed by atoms with Crippen molar-refractivity contribution >= 4 is 17.7 Å². The zero-order valence-electron chi connectivity index (χ0n) is 20.8. The van der Waals surface area contributed by atoms with Crippen LogP contribution in [0.1, 0.15) is 35.2 Å². The fraction of sp³-hybridized carbons (Fsp3) is 0.393. The predicted octanol–water partition coefficient (Wildman–Crippen LogP) is 2.41. The molecule has 196 valence electrons. The van der Waals surface area contributed by atoms with Gasteiger partial charge in [0, 0.05) is 26.2 Å². The molecule has 4 rings (SSSR count). The smallest absolute Gasteiger partial charge is 0.255 e. The third-order valence-electron chi connectivity index (χ3n) is 6.75. The molecule has 1 saturated heterocycles. The molecule has 3 N–H and O–H groups in total. The lowest BCUT2D eigenvalue weighted by Crippen LogP contribution is -2.54. The van der Waals surface area contributed by atoms with Gasteiger partial charge in [0.15, 0.2) is 0 Å². The van der Waals surface area contributed by atoms with Gasteiger partial charge in [-0.3, -0.25) is 19.3 Å². The summed E-state index contributed by atoms with van der Waals surface area (Å²) >= 11 is 0. The lowest BCUT2D eigenvalue weighted by atomic mass is 9.76. The molecule has 2 aromatic rings. The minimum absolute atomic E-state index is 0.0822. The lowest BCUT2D eigenvalue weighted by molar-refractivity contribution is -0.136.